The molecule has 0 unspecified atom stereocenters. The minimum atomic E-state index is -0.848. The molecule has 0 radical (unpaired) electrons. The van der Waals surface area contributed by atoms with Crippen LogP contribution in [0.15, 0.2) is 23.5 Å². The summed E-state index contributed by atoms with van der Waals surface area (Å²) in [5, 5.41) is 0. The van der Waals surface area contributed by atoms with Crippen LogP contribution in [0.4, 0.5) is 0 Å². The molecule has 0 saturated heterocycles. The van der Waals surface area contributed by atoms with Crippen LogP contribution in [0, 0.1) is 0 Å². The summed E-state index contributed by atoms with van der Waals surface area (Å²) in [4.78, 5) is 34.4. The standard InChI is InChI=1S/C12H14O5/c1-3-4-7-17-11-9(14)6-5-8(13)10(11)12(15)16-2/h5-6H,3-4,7H2,1-2H3. The highest BCUT2D eigenvalue weighted by Crippen LogP contribution is 2.17. The molecule has 0 saturated carbocycles. The van der Waals surface area contributed by atoms with E-state index < -0.39 is 17.5 Å². The smallest absolute Gasteiger partial charge is 0.345 e. The molecular weight excluding hydrogens is 224 g/mol. The lowest BCUT2D eigenvalue weighted by molar-refractivity contribution is -0.138. The van der Waals surface area contributed by atoms with Gasteiger partial charge in [0.2, 0.25) is 5.78 Å². The quantitative estimate of drug-likeness (QED) is 0.308. The first kappa shape index (κ1) is 13.2. The van der Waals surface area contributed by atoms with E-state index in [1.54, 1.807) is 0 Å². The summed E-state index contributed by atoms with van der Waals surface area (Å²) in [6, 6.07) is 0. The van der Waals surface area contributed by atoms with Crippen LogP contribution in [0.1, 0.15) is 19.8 Å². The molecule has 0 aromatic heterocycles. The maximum atomic E-state index is 11.5. The Morgan fingerprint density at radius 1 is 1.24 bits per heavy atom. The Bertz CT molecular complexity index is 403. The number of carbonyl (C=O) groups is 3. The van der Waals surface area contributed by atoms with Crippen molar-refractivity contribution < 1.29 is 23.9 Å². The number of hydrogen-bond acceptors (Lipinski definition) is 5. The molecular formula is C12H14O5. The van der Waals surface area contributed by atoms with Crippen LogP contribution in [-0.2, 0) is 23.9 Å². The van der Waals surface area contributed by atoms with Gasteiger partial charge in [-0.05, 0) is 18.6 Å². The number of carbonyl (C=O) groups excluding carboxylic acids is 3. The Morgan fingerprint density at radius 3 is 2.47 bits per heavy atom. The number of ether oxygens (including phenoxy) is 2. The van der Waals surface area contributed by atoms with Crippen molar-refractivity contribution in [3.63, 3.8) is 0 Å². The summed E-state index contributed by atoms with van der Waals surface area (Å²) in [5.41, 5.74) is -0.323. The van der Waals surface area contributed by atoms with E-state index in [4.69, 9.17) is 4.74 Å². The van der Waals surface area contributed by atoms with E-state index in [2.05, 4.69) is 4.74 Å². The highest BCUT2D eigenvalue weighted by atomic mass is 16.5. The van der Waals surface area contributed by atoms with Gasteiger partial charge in [-0.1, -0.05) is 13.3 Å². The van der Waals surface area contributed by atoms with Crippen molar-refractivity contribution in [3.8, 4) is 0 Å². The van der Waals surface area contributed by atoms with Gasteiger partial charge in [0.05, 0.1) is 13.7 Å². The van der Waals surface area contributed by atoms with Gasteiger partial charge in [0.1, 0.15) is 0 Å². The second-order valence-corrected chi connectivity index (χ2v) is 3.46. The highest BCUT2D eigenvalue weighted by Gasteiger charge is 2.30. The SMILES string of the molecule is CCCCOC1=C(C(=O)OC)C(=O)C=CC1=O. The summed E-state index contributed by atoms with van der Waals surface area (Å²) in [5.74, 6) is -2.11. The van der Waals surface area contributed by atoms with Gasteiger partial charge in [0.15, 0.2) is 17.1 Å². The molecule has 0 bridgehead atoms. The first-order valence-corrected chi connectivity index (χ1v) is 5.34. The second kappa shape index (κ2) is 5.98. The van der Waals surface area contributed by atoms with Gasteiger partial charge >= 0.3 is 5.97 Å². The molecule has 0 aliphatic heterocycles. The van der Waals surface area contributed by atoms with Gasteiger partial charge in [0, 0.05) is 0 Å². The lowest BCUT2D eigenvalue weighted by atomic mass is 10.0. The molecule has 92 valence electrons. The number of allylic oxidation sites excluding steroid dienone is 2. The zero-order chi connectivity index (χ0) is 12.8. The van der Waals surface area contributed by atoms with Gasteiger partial charge in [-0.25, -0.2) is 4.79 Å². The normalized spacial score (nSPS) is 15.2. The van der Waals surface area contributed by atoms with E-state index in [9.17, 15) is 14.4 Å². The molecule has 1 aliphatic carbocycles. The number of ketones is 2. The lowest BCUT2D eigenvalue weighted by Crippen LogP contribution is -2.23. The fourth-order valence-corrected chi connectivity index (χ4v) is 1.30. The van der Waals surface area contributed by atoms with Gasteiger partial charge in [-0.15, -0.1) is 0 Å². The molecule has 0 N–H and O–H groups in total. The maximum Gasteiger partial charge on any atom is 0.345 e. The largest absolute Gasteiger partial charge is 0.488 e. The van der Waals surface area contributed by atoms with Crippen molar-refractivity contribution in [1.82, 2.24) is 0 Å². The average Bonchev–Trinajstić information content (AvgIpc) is 2.33. The molecule has 17 heavy (non-hydrogen) atoms. The molecule has 1 rings (SSSR count). The third-order valence-corrected chi connectivity index (χ3v) is 2.22. The highest BCUT2D eigenvalue weighted by molar-refractivity contribution is 6.30. The summed E-state index contributed by atoms with van der Waals surface area (Å²) in [7, 11) is 1.15. The zero-order valence-electron chi connectivity index (χ0n) is 9.82. The topological polar surface area (TPSA) is 69.7 Å². The van der Waals surface area contributed by atoms with Crippen LogP contribution >= 0.6 is 0 Å². The molecule has 0 fully saturated rings. The summed E-state index contributed by atoms with van der Waals surface area (Å²) >= 11 is 0. The van der Waals surface area contributed by atoms with E-state index in [1.165, 1.54) is 0 Å². The fraction of sp³-hybridized carbons (Fsp3) is 0.417. The molecule has 0 aromatic carbocycles. The van der Waals surface area contributed by atoms with Gasteiger partial charge in [0.25, 0.3) is 0 Å². The Kier molecular flexibility index (Phi) is 4.63. The number of methoxy groups -OCH3 is 1. The number of esters is 1. The predicted molar refractivity (Wildman–Crippen MR) is 59.1 cm³/mol. The molecule has 5 nitrogen and oxygen atoms in total. The van der Waals surface area contributed by atoms with Crippen molar-refractivity contribution in [2.24, 2.45) is 0 Å². The second-order valence-electron chi connectivity index (χ2n) is 3.46. The van der Waals surface area contributed by atoms with Crippen LogP contribution < -0.4 is 0 Å². The summed E-state index contributed by atoms with van der Waals surface area (Å²) in [6.45, 7) is 2.26. The van der Waals surface area contributed by atoms with E-state index >= 15 is 0 Å². The van der Waals surface area contributed by atoms with E-state index in [0.29, 0.717) is 6.61 Å². The van der Waals surface area contributed by atoms with Crippen molar-refractivity contribution in [3.05, 3.63) is 23.5 Å². The van der Waals surface area contributed by atoms with Crippen LogP contribution in [0.2, 0.25) is 0 Å². The third kappa shape index (κ3) is 3.03. The molecule has 0 spiro atoms. The fourth-order valence-electron chi connectivity index (χ4n) is 1.30. The first-order chi connectivity index (χ1) is 8.11. The molecule has 0 atom stereocenters. The third-order valence-electron chi connectivity index (χ3n) is 2.22. The monoisotopic (exact) mass is 238 g/mol. The van der Waals surface area contributed by atoms with Gasteiger partial charge < -0.3 is 9.47 Å². The Balaban J connectivity index is 2.98. The predicted octanol–water partition coefficient (Wildman–Crippen LogP) is 0.938. The zero-order valence-corrected chi connectivity index (χ0v) is 9.82. The van der Waals surface area contributed by atoms with Crippen LogP contribution in [0.25, 0.3) is 0 Å². The van der Waals surface area contributed by atoms with Crippen molar-refractivity contribution in [2.75, 3.05) is 13.7 Å². The maximum absolute atomic E-state index is 11.5. The number of rotatable bonds is 5. The number of unbranched alkanes of at least 4 members (excludes halogenated alkanes) is 1. The Morgan fingerprint density at radius 2 is 1.88 bits per heavy atom. The van der Waals surface area contributed by atoms with Crippen molar-refractivity contribution >= 4 is 17.5 Å². The average molecular weight is 238 g/mol. The molecule has 1 aliphatic rings. The molecule has 0 aromatic rings. The minimum absolute atomic E-state index is 0.210. The summed E-state index contributed by atoms with van der Waals surface area (Å²) < 4.78 is 9.66. The van der Waals surface area contributed by atoms with E-state index in [0.717, 1.165) is 32.1 Å². The van der Waals surface area contributed by atoms with Crippen molar-refractivity contribution in [1.29, 1.82) is 0 Å². The van der Waals surface area contributed by atoms with Gasteiger partial charge in [-0.2, -0.15) is 0 Å². The van der Waals surface area contributed by atoms with Crippen LogP contribution in [0.5, 0.6) is 0 Å². The van der Waals surface area contributed by atoms with E-state index in [-0.39, 0.29) is 11.3 Å². The van der Waals surface area contributed by atoms with Crippen LogP contribution in [-0.4, -0.2) is 31.3 Å². The Hall–Kier alpha value is -1.91. The number of hydrogen-bond donors (Lipinski definition) is 0. The van der Waals surface area contributed by atoms with Crippen LogP contribution in [0.3, 0.4) is 0 Å². The minimum Gasteiger partial charge on any atom is -0.488 e. The summed E-state index contributed by atoms with van der Waals surface area (Å²) in [6.07, 6.45) is 3.76. The first-order valence-electron chi connectivity index (χ1n) is 5.34. The molecule has 5 heteroatoms. The molecule has 0 heterocycles. The van der Waals surface area contributed by atoms with Crippen molar-refractivity contribution in [2.45, 2.75) is 19.8 Å². The van der Waals surface area contributed by atoms with E-state index in [1.807, 2.05) is 6.92 Å². The lowest BCUT2D eigenvalue weighted by Gasteiger charge is -2.13. The van der Waals surface area contributed by atoms with Gasteiger partial charge in [-0.3, -0.25) is 9.59 Å². The Labute approximate surface area is 99.1 Å². The molecule has 0 amide bonds.